The standard InChI is InChI=1S/C19H26BrNO3S/c1-13-10-16(20)8-9-17(13)25-12-18(22)24-14(2)19(23)21-11-15-6-4-3-5-7-15/h8-10,14-15H,3-7,11-12H2,1-2H3,(H,21,23)/t14-/m1/s1. The van der Waals surface area contributed by atoms with E-state index in [0.29, 0.717) is 12.5 Å². The fourth-order valence-corrected chi connectivity index (χ4v) is 4.24. The fourth-order valence-electron chi connectivity index (χ4n) is 2.98. The molecule has 1 amide bonds. The highest BCUT2D eigenvalue weighted by atomic mass is 79.9. The van der Waals surface area contributed by atoms with Crippen LogP contribution in [0, 0.1) is 12.8 Å². The number of hydrogen-bond donors (Lipinski definition) is 1. The Morgan fingerprint density at radius 2 is 2.04 bits per heavy atom. The minimum Gasteiger partial charge on any atom is -0.452 e. The van der Waals surface area contributed by atoms with Crippen molar-refractivity contribution in [2.75, 3.05) is 12.3 Å². The first-order chi connectivity index (χ1) is 12.0. The lowest BCUT2D eigenvalue weighted by molar-refractivity contribution is -0.152. The summed E-state index contributed by atoms with van der Waals surface area (Å²) in [5.41, 5.74) is 1.10. The third-order valence-corrected chi connectivity index (χ3v) is 6.09. The van der Waals surface area contributed by atoms with Gasteiger partial charge in [0.25, 0.3) is 5.91 Å². The molecule has 0 saturated heterocycles. The molecule has 25 heavy (non-hydrogen) atoms. The molecule has 1 aromatic carbocycles. The van der Waals surface area contributed by atoms with E-state index in [1.807, 2.05) is 25.1 Å². The smallest absolute Gasteiger partial charge is 0.317 e. The van der Waals surface area contributed by atoms with Crippen LogP contribution in [0.25, 0.3) is 0 Å². The third kappa shape index (κ3) is 7.02. The molecule has 0 bridgehead atoms. The number of hydrogen-bond acceptors (Lipinski definition) is 4. The Morgan fingerprint density at radius 3 is 2.72 bits per heavy atom. The monoisotopic (exact) mass is 427 g/mol. The highest BCUT2D eigenvalue weighted by molar-refractivity contribution is 9.10. The van der Waals surface area contributed by atoms with Crippen molar-refractivity contribution in [3.05, 3.63) is 28.2 Å². The molecule has 0 unspecified atom stereocenters. The molecule has 0 radical (unpaired) electrons. The number of benzene rings is 1. The molecule has 1 aliphatic rings. The van der Waals surface area contributed by atoms with Gasteiger partial charge in [-0.15, -0.1) is 11.8 Å². The van der Waals surface area contributed by atoms with Crippen LogP contribution in [0.15, 0.2) is 27.6 Å². The van der Waals surface area contributed by atoms with E-state index in [9.17, 15) is 9.59 Å². The first-order valence-electron chi connectivity index (χ1n) is 8.82. The van der Waals surface area contributed by atoms with Crippen LogP contribution in [0.2, 0.25) is 0 Å². The molecule has 138 valence electrons. The molecule has 1 atom stereocenters. The Balaban J connectivity index is 1.70. The molecular weight excluding hydrogens is 402 g/mol. The lowest BCUT2D eigenvalue weighted by atomic mass is 9.89. The van der Waals surface area contributed by atoms with Crippen molar-refractivity contribution in [2.24, 2.45) is 5.92 Å². The number of thioether (sulfide) groups is 1. The van der Waals surface area contributed by atoms with Gasteiger partial charge >= 0.3 is 5.97 Å². The first kappa shape index (κ1) is 20.3. The van der Waals surface area contributed by atoms with Crippen LogP contribution in [-0.2, 0) is 14.3 Å². The van der Waals surface area contributed by atoms with Crippen molar-refractivity contribution < 1.29 is 14.3 Å². The largest absolute Gasteiger partial charge is 0.452 e. The third-order valence-electron chi connectivity index (χ3n) is 4.45. The number of nitrogens with one attached hydrogen (secondary N) is 1. The summed E-state index contributed by atoms with van der Waals surface area (Å²) >= 11 is 4.85. The lowest BCUT2D eigenvalue weighted by Gasteiger charge is -2.22. The van der Waals surface area contributed by atoms with Crippen LogP contribution in [0.5, 0.6) is 0 Å². The molecule has 1 aliphatic carbocycles. The average molecular weight is 428 g/mol. The van der Waals surface area contributed by atoms with Crippen molar-refractivity contribution in [3.8, 4) is 0 Å². The van der Waals surface area contributed by atoms with Gasteiger partial charge in [-0.25, -0.2) is 0 Å². The fraction of sp³-hybridized carbons (Fsp3) is 0.579. The molecule has 6 heteroatoms. The first-order valence-corrected chi connectivity index (χ1v) is 10.6. The molecule has 2 rings (SSSR count). The predicted molar refractivity (Wildman–Crippen MR) is 105 cm³/mol. The zero-order chi connectivity index (χ0) is 18.2. The number of rotatable bonds is 7. The highest BCUT2D eigenvalue weighted by Gasteiger charge is 2.20. The summed E-state index contributed by atoms with van der Waals surface area (Å²) in [4.78, 5) is 25.1. The summed E-state index contributed by atoms with van der Waals surface area (Å²) in [6, 6.07) is 5.93. The van der Waals surface area contributed by atoms with Crippen molar-refractivity contribution >= 4 is 39.6 Å². The van der Waals surface area contributed by atoms with Gasteiger partial charge in [0.05, 0.1) is 5.75 Å². The summed E-state index contributed by atoms with van der Waals surface area (Å²) in [5.74, 6) is 0.191. The number of carbonyl (C=O) groups is 2. The Bertz CT molecular complexity index is 602. The summed E-state index contributed by atoms with van der Waals surface area (Å²) in [6.07, 6.45) is 5.40. The van der Waals surface area contributed by atoms with Gasteiger partial charge in [0.1, 0.15) is 0 Å². The van der Waals surface area contributed by atoms with E-state index in [4.69, 9.17) is 4.74 Å². The maximum absolute atomic E-state index is 12.1. The van der Waals surface area contributed by atoms with E-state index in [-0.39, 0.29) is 17.6 Å². The second-order valence-corrected chi connectivity index (χ2v) is 8.51. The van der Waals surface area contributed by atoms with Gasteiger partial charge in [-0.2, -0.15) is 0 Å². The van der Waals surface area contributed by atoms with E-state index >= 15 is 0 Å². The number of aryl methyl sites for hydroxylation is 1. The molecule has 0 aliphatic heterocycles. The average Bonchev–Trinajstić information content (AvgIpc) is 2.59. The van der Waals surface area contributed by atoms with E-state index in [0.717, 1.165) is 14.9 Å². The highest BCUT2D eigenvalue weighted by Crippen LogP contribution is 2.25. The Kier molecular flexibility index (Phi) is 8.30. The van der Waals surface area contributed by atoms with Gasteiger partial charge in [-0.3, -0.25) is 9.59 Å². The second-order valence-electron chi connectivity index (χ2n) is 6.58. The van der Waals surface area contributed by atoms with E-state index < -0.39 is 6.10 Å². The number of ether oxygens (including phenoxy) is 1. The van der Waals surface area contributed by atoms with E-state index in [1.54, 1.807) is 6.92 Å². The topological polar surface area (TPSA) is 55.4 Å². The van der Waals surface area contributed by atoms with Crippen molar-refractivity contribution in [1.29, 1.82) is 0 Å². The maximum Gasteiger partial charge on any atom is 0.317 e. The number of amides is 1. The Morgan fingerprint density at radius 1 is 1.32 bits per heavy atom. The molecule has 0 spiro atoms. The minimum atomic E-state index is -0.747. The quantitative estimate of drug-likeness (QED) is 0.514. The maximum atomic E-state index is 12.1. The Labute approximate surface area is 162 Å². The zero-order valence-electron chi connectivity index (χ0n) is 14.8. The van der Waals surface area contributed by atoms with Crippen LogP contribution < -0.4 is 5.32 Å². The summed E-state index contributed by atoms with van der Waals surface area (Å²) in [6.45, 7) is 4.32. The van der Waals surface area contributed by atoms with E-state index in [1.165, 1.54) is 43.9 Å². The second kappa shape index (κ2) is 10.2. The zero-order valence-corrected chi connectivity index (χ0v) is 17.2. The predicted octanol–water partition coefficient (Wildman–Crippen LogP) is 4.48. The number of esters is 1. The Hall–Kier alpha value is -1.01. The molecule has 1 fully saturated rings. The molecule has 1 N–H and O–H groups in total. The van der Waals surface area contributed by atoms with Gasteiger partial charge in [0, 0.05) is 15.9 Å². The normalized spacial score (nSPS) is 16.3. The van der Waals surface area contributed by atoms with E-state index in [2.05, 4.69) is 21.2 Å². The number of carbonyl (C=O) groups excluding carboxylic acids is 2. The molecule has 1 saturated carbocycles. The van der Waals surface area contributed by atoms with Gasteiger partial charge in [0.15, 0.2) is 6.10 Å². The van der Waals surface area contributed by atoms with Crippen LogP contribution in [0.4, 0.5) is 0 Å². The van der Waals surface area contributed by atoms with Crippen LogP contribution in [0.3, 0.4) is 0 Å². The summed E-state index contributed by atoms with van der Waals surface area (Å²) in [5, 5.41) is 2.92. The van der Waals surface area contributed by atoms with Gasteiger partial charge in [0.2, 0.25) is 0 Å². The SMILES string of the molecule is Cc1cc(Br)ccc1SCC(=O)O[C@H](C)C(=O)NCC1CCCCC1. The van der Waals surface area contributed by atoms with Crippen LogP contribution >= 0.6 is 27.7 Å². The van der Waals surface area contributed by atoms with Crippen molar-refractivity contribution in [3.63, 3.8) is 0 Å². The van der Waals surface area contributed by atoms with Gasteiger partial charge in [-0.1, -0.05) is 35.2 Å². The summed E-state index contributed by atoms with van der Waals surface area (Å²) < 4.78 is 6.27. The van der Waals surface area contributed by atoms with Crippen LogP contribution in [0.1, 0.15) is 44.6 Å². The van der Waals surface area contributed by atoms with Crippen molar-refractivity contribution in [1.82, 2.24) is 5.32 Å². The van der Waals surface area contributed by atoms with Crippen LogP contribution in [-0.4, -0.2) is 30.3 Å². The summed E-state index contributed by atoms with van der Waals surface area (Å²) in [7, 11) is 0. The minimum absolute atomic E-state index is 0.197. The molecule has 4 nitrogen and oxygen atoms in total. The van der Waals surface area contributed by atoms with Crippen molar-refractivity contribution in [2.45, 2.75) is 57.0 Å². The molecule has 1 aromatic rings. The molecule has 0 aromatic heterocycles. The van der Waals surface area contributed by atoms with Gasteiger partial charge in [-0.05, 0) is 56.4 Å². The number of halogens is 1. The molecular formula is C19H26BrNO3S. The van der Waals surface area contributed by atoms with Gasteiger partial charge < -0.3 is 10.1 Å². The lowest BCUT2D eigenvalue weighted by Crippen LogP contribution is -2.39. The molecule has 0 heterocycles.